The quantitative estimate of drug-likeness (QED) is 0.484. The highest BCUT2D eigenvalue weighted by Crippen LogP contribution is 2.60. The molecule has 0 radical (unpaired) electrons. The Morgan fingerprint density at radius 2 is 1.78 bits per heavy atom. The first-order valence-electron chi connectivity index (χ1n) is 9.93. The van der Waals surface area contributed by atoms with E-state index in [9.17, 15) is 14.0 Å². The first-order chi connectivity index (χ1) is 15.3. The molecule has 162 valence electrons. The molecule has 3 aromatic carbocycles. The normalized spacial score (nSPS) is 24.6. The van der Waals surface area contributed by atoms with E-state index in [1.165, 1.54) is 6.07 Å². The molecule has 3 aromatic rings. The number of rotatable bonds is 2. The second kappa shape index (κ2) is 7.57. The van der Waals surface area contributed by atoms with Gasteiger partial charge < -0.3 is 5.32 Å². The van der Waals surface area contributed by atoms with Crippen molar-refractivity contribution >= 4 is 40.9 Å². The van der Waals surface area contributed by atoms with Crippen LogP contribution in [0.2, 0.25) is 5.02 Å². The van der Waals surface area contributed by atoms with E-state index < -0.39 is 40.8 Å². The number of anilines is 1. The Labute approximate surface area is 192 Å². The number of halogens is 4. The zero-order valence-electron chi connectivity index (χ0n) is 16.5. The minimum absolute atomic E-state index is 0.0478. The van der Waals surface area contributed by atoms with E-state index in [1.807, 2.05) is 0 Å². The van der Waals surface area contributed by atoms with E-state index in [2.05, 4.69) is 5.32 Å². The Balaban J connectivity index is 1.85. The van der Waals surface area contributed by atoms with Gasteiger partial charge in [0.15, 0.2) is 0 Å². The van der Waals surface area contributed by atoms with Crippen LogP contribution in [0.25, 0.3) is 0 Å². The number of carbonyl (C=O) groups excluding carboxylic acids is 2. The van der Waals surface area contributed by atoms with Gasteiger partial charge in [-0.15, -0.1) is 0 Å². The van der Waals surface area contributed by atoms with E-state index in [4.69, 9.17) is 23.4 Å². The largest absolute Gasteiger partial charge is 0.325 e. The predicted molar refractivity (Wildman–Crippen MR) is 117 cm³/mol. The van der Waals surface area contributed by atoms with Crippen molar-refractivity contribution in [1.29, 1.82) is 0 Å². The van der Waals surface area contributed by atoms with Crippen molar-refractivity contribution in [2.75, 3.05) is 5.32 Å². The van der Waals surface area contributed by atoms with Crippen LogP contribution < -0.4 is 5.32 Å². The molecule has 2 amide bonds. The van der Waals surface area contributed by atoms with Crippen molar-refractivity contribution in [3.63, 3.8) is 0 Å². The molecule has 3 atom stereocenters. The van der Waals surface area contributed by atoms with Crippen LogP contribution in [0.4, 0.5) is 14.5 Å². The third kappa shape index (κ3) is 2.93. The maximum absolute atomic E-state index is 15.1. The van der Waals surface area contributed by atoms with Gasteiger partial charge in [0.25, 0.3) is 0 Å². The number of para-hydroxylation sites is 1. The van der Waals surface area contributed by atoms with Gasteiger partial charge in [0.05, 0.1) is 6.04 Å². The number of hydrogen-bond donors (Lipinski definition) is 1. The van der Waals surface area contributed by atoms with Gasteiger partial charge in [-0.2, -0.15) is 0 Å². The summed E-state index contributed by atoms with van der Waals surface area (Å²) in [6.07, 6.45) is -0.0924. The molecule has 1 fully saturated rings. The van der Waals surface area contributed by atoms with Gasteiger partial charge in [-0.1, -0.05) is 48.0 Å². The molecule has 0 aliphatic carbocycles. The molecule has 32 heavy (non-hydrogen) atoms. The fraction of sp³-hybridized carbons (Fsp3) is 0.167. The lowest BCUT2D eigenvalue weighted by Crippen LogP contribution is -2.56. The summed E-state index contributed by atoms with van der Waals surface area (Å²) >= 11 is 12.7. The summed E-state index contributed by atoms with van der Waals surface area (Å²) in [5.41, 5.74) is 0.275. The van der Waals surface area contributed by atoms with Crippen LogP contribution >= 0.6 is 23.4 Å². The number of nitrogens with one attached hydrogen (secondary N) is 1. The lowest BCUT2D eigenvalue weighted by atomic mass is 9.59. The van der Waals surface area contributed by atoms with E-state index in [0.29, 0.717) is 21.8 Å². The molecule has 0 aromatic heterocycles. The minimum Gasteiger partial charge on any atom is -0.325 e. The van der Waals surface area contributed by atoms with Gasteiger partial charge in [-0.25, -0.2) is 13.2 Å². The van der Waals surface area contributed by atoms with Crippen molar-refractivity contribution in [2.24, 2.45) is 0 Å². The smallest absolute Gasteiger partial charge is 0.238 e. The molecule has 2 aliphatic rings. The first kappa shape index (κ1) is 20.9. The molecule has 1 N–H and O–H groups in total. The van der Waals surface area contributed by atoms with Gasteiger partial charge in [-0.05, 0) is 35.4 Å². The molecule has 1 saturated heterocycles. The molecule has 5 rings (SSSR count). The monoisotopic (exact) mass is 472 g/mol. The molecule has 0 bridgehead atoms. The minimum atomic E-state index is -1.46. The van der Waals surface area contributed by atoms with E-state index >= 15 is 4.39 Å². The van der Waals surface area contributed by atoms with Crippen LogP contribution in [-0.4, -0.2) is 16.2 Å². The van der Waals surface area contributed by atoms with Crippen LogP contribution in [0.3, 0.4) is 0 Å². The zero-order valence-corrected chi connectivity index (χ0v) is 18.0. The number of hydrogen-bond acceptors (Lipinski definition) is 2. The molecule has 4 nitrogen and oxygen atoms in total. The number of carbonyl (C=O) groups is 2. The fourth-order valence-electron chi connectivity index (χ4n) is 5.05. The lowest BCUT2D eigenvalue weighted by Gasteiger charge is -2.49. The number of amides is 2. The van der Waals surface area contributed by atoms with Crippen LogP contribution in [0.1, 0.15) is 35.1 Å². The average Bonchev–Trinajstić information content (AvgIpc) is 3.04. The molecule has 8 heteroatoms. The van der Waals surface area contributed by atoms with E-state index in [1.54, 1.807) is 48.5 Å². The number of benzene rings is 3. The third-order valence-electron chi connectivity index (χ3n) is 6.33. The summed E-state index contributed by atoms with van der Waals surface area (Å²) < 4.78 is 29.7. The first-order valence-corrected chi connectivity index (χ1v) is 10.6. The Kier molecular flexibility index (Phi) is 4.95. The highest BCUT2D eigenvalue weighted by molar-refractivity contribution is 6.30. The van der Waals surface area contributed by atoms with Gasteiger partial charge in [0.2, 0.25) is 11.8 Å². The number of piperidine rings is 1. The Bertz CT molecular complexity index is 1270. The summed E-state index contributed by atoms with van der Waals surface area (Å²) in [5.74, 6) is -3.26. The summed E-state index contributed by atoms with van der Waals surface area (Å²) in [5, 5.41) is 3.31. The standard InChI is InChI=1S/C24H16Cl2F2N2O2/c25-14-5-3-4-13(10-14)18-12-21(31)30(26)22(16-9-8-15(27)11-19(16)28)24(18)17-6-1-2-7-20(17)29-23(24)32/h1-11,18,22H,12H2,(H,29,32). The summed E-state index contributed by atoms with van der Waals surface area (Å²) in [6, 6.07) is 15.7. The average molecular weight is 473 g/mol. The highest BCUT2D eigenvalue weighted by atomic mass is 35.5. The second-order valence-corrected chi connectivity index (χ2v) is 8.75. The van der Waals surface area contributed by atoms with Gasteiger partial charge in [-0.3, -0.25) is 9.59 Å². The number of fused-ring (bicyclic) bond motifs is 2. The van der Waals surface area contributed by atoms with Crippen LogP contribution in [0.15, 0.2) is 66.7 Å². The molecule has 3 unspecified atom stereocenters. The van der Waals surface area contributed by atoms with Crippen molar-refractivity contribution in [3.05, 3.63) is 100 Å². The molecular weight excluding hydrogens is 457 g/mol. The summed E-state index contributed by atoms with van der Waals surface area (Å²) in [4.78, 5) is 26.8. The fourth-order valence-corrected chi connectivity index (χ4v) is 5.58. The van der Waals surface area contributed by atoms with E-state index in [-0.39, 0.29) is 12.0 Å². The van der Waals surface area contributed by atoms with E-state index in [0.717, 1.165) is 16.6 Å². The highest BCUT2D eigenvalue weighted by Gasteiger charge is 2.63. The van der Waals surface area contributed by atoms with Crippen molar-refractivity contribution < 1.29 is 18.4 Å². The molecule has 2 heterocycles. The predicted octanol–water partition coefficient (Wildman–Crippen LogP) is 5.72. The Morgan fingerprint density at radius 1 is 1.00 bits per heavy atom. The topological polar surface area (TPSA) is 49.4 Å². The third-order valence-corrected chi connectivity index (χ3v) is 6.95. The molecule has 0 saturated carbocycles. The van der Waals surface area contributed by atoms with Gasteiger partial charge in [0.1, 0.15) is 17.0 Å². The summed E-state index contributed by atoms with van der Waals surface area (Å²) in [7, 11) is 0. The molecular formula is C24H16Cl2F2N2O2. The molecule has 2 aliphatic heterocycles. The maximum Gasteiger partial charge on any atom is 0.238 e. The van der Waals surface area contributed by atoms with Crippen LogP contribution in [-0.2, 0) is 15.0 Å². The van der Waals surface area contributed by atoms with Gasteiger partial charge in [0, 0.05) is 46.5 Å². The van der Waals surface area contributed by atoms with Crippen LogP contribution in [0.5, 0.6) is 0 Å². The molecule has 1 spiro atoms. The van der Waals surface area contributed by atoms with Gasteiger partial charge >= 0.3 is 0 Å². The SMILES string of the molecule is O=C1CC(c2cccc(Cl)c2)C2(C(=O)Nc3ccccc32)C(c2ccc(F)cc2F)N1Cl. The lowest BCUT2D eigenvalue weighted by molar-refractivity contribution is -0.138. The Morgan fingerprint density at radius 3 is 2.53 bits per heavy atom. The second-order valence-electron chi connectivity index (χ2n) is 7.95. The zero-order chi connectivity index (χ0) is 22.6. The Hall–Kier alpha value is -2.96. The van der Waals surface area contributed by atoms with Crippen LogP contribution in [0, 0.1) is 11.6 Å². The van der Waals surface area contributed by atoms with Crippen molar-refractivity contribution in [2.45, 2.75) is 23.8 Å². The van der Waals surface area contributed by atoms with Crippen molar-refractivity contribution in [1.82, 2.24) is 4.42 Å². The van der Waals surface area contributed by atoms with Crippen molar-refractivity contribution in [3.8, 4) is 0 Å². The number of nitrogens with zero attached hydrogens (tertiary/aromatic N) is 1. The summed E-state index contributed by atoms with van der Waals surface area (Å²) in [6.45, 7) is 0. The maximum atomic E-state index is 15.1.